The molecule has 0 saturated heterocycles. The number of rotatable bonds is 4. The van der Waals surface area contributed by atoms with E-state index in [0.717, 1.165) is 6.92 Å². The molecule has 66 valence electrons. The van der Waals surface area contributed by atoms with Crippen molar-refractivity contribution >= 4 is 6.29 Å². The van der Waals surface area contributed by atoms with Gasteiger partial charge >= 0.3 is 0 Å². The van der Waals surface area contributed by atoms with Gasteiger partial charge in [0.05, 0.1) is 6.61 Å². The van der Waals surface area contributed by atoms with E-state index in [4.69, 9.17) is 20.4 Å². The topological polar surface area (TPSA) is 98.0 Å². The first-order valence-corrected chi connectivity index (χ1v) is 3.11. The molecule has 0 aliphatic heterocycles. The number of aliphatic hydroxyl groups excluding tert-OH is 3. The maximum atomic E-state index is 9.97. The lowest BCUT2D eigenvalue weighted by Gasteiger charge is -2.29. The molecular weight excluding hydrogens is 152 g/mol. The molecule has 4 N–H and O–H groups in total. The number of carbonyl (C=O) groups excluding carboxylic acids is 1. The Labute approximate surface area is 63.9 Å². The van der Waals surface area contributed by atoms with E-state index in [1.807, 2.05) is 0 Å². The highest BCUT2D eigenvalue weighted by molar-refractivity contribution is 5.58. The Kier molecular flexibility index (Phi) is 3.61. The van der Waals surface area contributed by atoms with E-state index in [2.05, 4.69) is 0 Å². The Bertz CT molecular complexity index is 133. The summed E-state index contributed by atoms with van der Waals surface area (Å²) in [5.41, 5.74) is -1.99. The van der Waals surface area contributed by atoms with Crippen LogP contribution in [0.25, 0.3) is 0 Å². The first-order chi connectivity index (χ1) is 4.96. The molecule has 0 amide bonds. The normalized spacial score (nSPS) is 21.9. The second kappa shape index (κ2) is 3.77. The molecule has 5 heteroatoms. The molecule has 3 atom stereocenters. The summed E-state index contributed by atoms with van der Waals surface area (Å²) in [6.07, 6.45) is -3.12. The Morgan fingerprint density at radius 3 is 2.27 bits per heavy atom. The highest BCUT2D eigenvalue weighted by Gasteiger charge is 2.37. The largest absolute Gasteiger partial charge is 0.394 e. The van der Waals surface area contributed by atoms with E-state index in [9.17, 15) is 4.79 Å². The molecule has 5 nitrogen and oxygen atoms in total. The Morgan fingerprint density at radius 2 is 2.00 bits per heavy atom. The summed E-state index contributed by atoms with van der Waals surface area (Å²) in [4.78, 5) is 9.97. The number of aldehydes is 1. The molecule has 0 spiro atoms. The van der Waals surface area contributed by atoms with Gasteiger partial charge in [-0.2, -0.15) is 0 Å². The Balaban J connectivity index is 4.29. The molecule has 0 fully saturated rings. The van der Waals surface area contributed by atoms with Crippen LogP contribution in [0.15, 0.2) is 0 Å². The molecule has 0 aromatic rings. The lowest BCUT2D eigenvalue weighted by Crippen LogP contribution is -2.51. The van der Waals surface area contributed by atoms with Gasteiger partial charge in [0, 0.05) is 0 Å². The van der Waals surface area contributed by atoms with Crippen LogP contribution >= 0.6 is 0 Å². The predicted molar refractivity (Wildman–Crippen MR) is 35.8 cm³/mol. The fourth-order valence-electron chi connectivity index (χ4n) is 0.520. The predicted octanol–water partition coefficient (Wildman–Crippen LogP) is -2.35. The molecular formula is C6H12O5. The first-order valence-electron chi connectivity index (χ1n) is 3.11. The van der Waals surface area contributed by atoms with E-state index >= 15 is 0 Å². The van der Waals surface area contributed by atoms with Crippen molar-refractivity contribution in [3.63, 3.8) is 0 Å². The molecule has 0 aromatic carbocycles. The van der Waals surface area contributed by atoms with Gasteiger partial charge < -0.3 is 25.2 Å². The standard InChI is InChI=1S/C6H12O5/c1-6(11,4(9)2-7)5(10)3-8/h2,4-5,8-11H,3H2,1H3. The maximum Gasteiger partial charge on any atom is 0.151 e. The average Bonchev–Trinajstić information content (AvgIpc) is 2.01. The third-order valence-electron chi connectivity index (χ3n) is 1.58. The molecule has 0 bridgehead atoms. The zero-order chi connectivity index (χ0) is 9.07. The molecule has 0 aromatic heterocycles. The van der Waals surface area contributed by atoms with Gasteiger partial charge in [-0.25, -0.2) is 0 Å². The number of carbonyl (C=O) groups is 1. The fourth-order valence-corrected chi connectivity index (χ4v) is 0.520. The summed E-state index contributed by atoms with van der Waals surface area (Å²) in [7, 11) is 0. The van der Waals surface area contributed by atoms with Gasteiger partial charge in [-0.15, -0.1) is 0 Å². The van der Waals surface area contributed by atoms with Crippen molar-refractivity contribution in [3.8, 4) is 0 Å². The zero-order valence-corrected chi connectivity index (χ0v) is 6.14. The summed E-state index contributed by atoms with van der Waals surface area (Å²) in [6.45, 7) is 0.352. The first kappa shape index (κ1) is 10.5. The minimum absolute atomic E-state index is 0.0961. The maximum absolute atomic E-state index is 9.97. The number of aliphatic hydroxyl groups is 4. The van der Waals surface area contributed by atoms with Crippen LogP contribution in [0, 0.1) is 0 Å². The SMILES string of the molecule is CC(O)(C(O)C=O)C(O)CO. The summed E-state index contributed by atoms with van der Waals surface area (Å²) in [6, 6.07) is 0. The van der Waals surface area contributed by atoms with E-state index in [-0.39, 0.29) is 6.29 Å². The highest BCUT2D eigenvalue weighted by Crippen LogP contribution is 2.13. The lowest BCUT2D eigenvalue weighted by atomic mass is 9.94. The van der Waals surface area contributed by atoms with Gasteiger partial charge in [-0.05, 0) is 6.92 Å². The minimum atomic E-state index is -1.99. The summed E-state index contributed by atoms with van der Waals surface area (Å²) in [5.74, 6) is 0. The van der Waals surface area contributed by atoms with E-state index in [0.29, 0.717) is 0 Å². The number of hydrogen-bond donors (Lipinski definition) is 4. The van der Waals surface area contributed by atoms with Crippen LogP contribution in [0.1, 0.15) is 6.92 Å². The third-order valence-corrected chi connectivity index (χ3v) is 1.58. The molecule has 11 heavy (non-hydrogen) atoms. The van der Waals surface area contributed by atoms with Gasteiger partial charge in [0.1, 0.15) is 17.8 Å². The summed E-state index contributed by atoms with van der Waals surface area (Å²) < 4.78 is 0. The molecule has 0 aliphatic rings. The fraction of sp³-hybridized carbons (Fsp3) is 0.833. The summed E-state index contributed by atoms with van der Waals surface area (Å²) in [5, 5.41) is 35.2. The van der Waals surface area contributed by atoms with Gasteiger partial charge in [0.15, 0.2) is 6.29 Å². The van der Waals surface area contributed by atoms with Crippen LogP contribution < -0.4 is 0 Å². The number of hydrogen-bond acceptors (Lipinski definition) is 5. The van der Waals surface area contributed by atoms with Crippen molar-refractivity contribution in [2.45, 2.75) is 24.7 Å². The quantitative estimate of drug-likeness (QED) is 0.349. The van der Waals surface area contributed by atoms with Gasteiger partial charge in [-0.1, -0.05) is 0 Å². The van der Waals surface area contributed by atoms with Crippen LogP contribution in [-0.2, 0) is 4.79 Å². The average molecular weight is 164 g/mol. The van der Waals surface area contributed by atoms with E-state index in [1.54, 1.807) is 0 Å². The molecule has 0 radical (unpaired) electrons. The highest BCUT2D eigenvalue weighted by atomic mass is 16.4. The lowest BCUT2D eigenvalue weighted by molar-refractivity contribution is -0.155. The Morgan fingerprint density at radius 1 is 1.55 bits per heavy atom. The van der Waals surface area contributed by atoms with Crippen molar-refractivity contribution in [1.29, 1.82) is 0 Å². The Hall–Kier alpha value is -0.490. The third kappa shape index (κ3) is 2.23. The smallest absolute Gasteiger partial charge is 0.151 e. The molecule has 3 unspecified atom stereocenters. The van der Waals surface area contributed by atoms with Crippen molar-refractivity contribution in [1.82, 2.24) is 0 Å². The zero-order valence-electron chi connectivity index (χ0n) is 6.14. The second-order valence-electron chi connectivity index (χ2n) is 2.51. The van der Waals surface area contributed by atoms with Crippen molar-refractivity contribution in [3.05, 3.63) is 0 Å². The summed E-state index contributed by atoms with van der Waals surface area (Å²) >= 11 is 0. The van der Waals surface area contributed by atoms with Crippen molar-refractivity contribution in [2.24, 2.45) is 0 Å². The molecule has 0 heterocycles. The van der Waals surface area contributed by atoms with Crippen LogP contribution in [0.5, 0.6) is 0 Å². The molecule has 0 saturated carbocycles. The minimum Gasteiger partial charge on any atom is -0.394 e. The monoisotopic (exact) mass is 164 g/mol. The van der Waals surface area contributed by atoms with Crippen LogP contribution in [-0.4, -0.2) is 51.1 Å². The van der Waals surface area contributed by atoms with Gasteiger partial charge in [-0.3, -0.25) is 0 Å². The molecule has 0 rings (SSSR count). The van der Waals surface area contributed by atoms with Crippen molar-refractivity contribution in [2.75, 3.05) is 6.61 Å². The van der Waals surface area contributed by atoms with E-state index < -0.39 is 24.4 Å². The van der Waals surface area contributed by atoms with Gasteiger partial charge in [0.2, 0.25) is 0 Å². The van der Waals surface area contributed by atoms with Crippen LogP contribution in [0.2, 0.25) is 0 Å². The second-order valence-corrected chi connectivity index (χ2v) is 2.51. The van der Waals surface area contributed by atoms with Crippen LogP contribution in [0.4, 0.5) is 0 Å². The van der Waals surface area contributed by atoms with Crippen molar-refractivity contribution < 1.29 is 25.2 Å². The van der Waals surface area contributed by atoms with E-state index in [1.165, 1.54) is 0 Å². The molecule has 0 aliphatic carbocycles. The van der Waals surface area contributed by atoms with Gasteiger partial charge in [0.25, 0.3) is 0 Å². The van der Waals surface area contributed by atoms with Crippen LogP contribution in [0.3, 0.4) is 0 Å².